The van der Waals surface area contributed by atoms with Crippen LogP contribution in [0.4, 0.5) is 0 Å². The second-order valence-electron chi connectivity index (χ2n) is 30.4. The minimum Gasteiger partial charge on any atom is -0.463 e. The lowest BCUT2D eigenvalue weighted by Gasteiger charge is -2.07. The second kappa shape index (κ2) is 80.5. The lowest BCUT2D eigenvalue weighted by molar-refractivity contribution is -0.150. The first kappa shape index (κ1) is 121. The molecule has 3 aliphatic rings. The molecule has 22 nitrogen and oxygen atoms in total. The van der Waals surface area contributed by atoms with Crippen LogP contribution in [0.5, 0.6) is 0 Å². The van der Waals surface area contributed by atoms with Gasteiger partial charge in [-0.25, -0.2) is 28.8 Å². The zero-order chi connectivity index (χ0) is 88.5. The molecule has 23 heteroatoms. The van der Waals surface area contributed by atoms with Crippen LogP contribution in [0.1, 0.15) is 257 Å². The SMILES string of the molecule is C=C(C)C(=O)OCCCC(=O)OC(C)C.C=C(C)C(=O)OCCCC(C)C.C=C(C)C(=O)OCCOC(=O)CC(C)C.C=C(C)C(C)C.C=CC(=O)OCCCC(=O)OC(C)C.C=CC(=O)OCCCC(C)C.C=CC(=O)OCCOC(=O)CC(C)C.C=CC(C)C.CC(C)C1CO1.CC(C)C1CS1.CC(C)OCC1CC1. The summed E-state index contributed by atoms with van der Waals surface area (Å²) in [6.45, 7) is 83.2. The van der Waals surface area contributed by atoms with Crippen LogP contribution in [0.15, 0.2) is 99.2 Å². The fraction of sp³-hybridized carbons (Fsp3) is 0.708. The summed E-state index contributed by atoms with van der Waals surface area (Å²) in [5.74, 6) is 3.66. The highest BCUT2D eigenvalue weighted by Gasteiger charge is 2.26. The van der Waals surface area contributed by atoms with Crippen molar-refractivity contribution in [3.05, 3.63) is 99.2 Å². The first-order chi connectivity index (χ1) is 52.0. The van der Waals surface area contributed by atoms with Crippen molar-refractivity contribution in [1.29, 1.82) is 0 Å². The fourth-order valence-electron chi connectivity index (χ4n) is 6.15. The number of hydrogen-bond donors (Lipinski definition) is 0. The predicted molar refractivity (Wildman–Crippen MR) is 455 cm³/mol. The highest BCUT2D eigenvalue weighted by Crippen LogP contribution is 2.36. The Balaban J connectivity index is -0.000000180. The average molecular weight is 1610 g/mol. The van der Waals surface area contributed by atoms with Crippen LogP contribution in [-0.4, -0.2) is 161 Å². The van der Waals surface area contributed by atoms with Gasteiger partial charge in [0.2, 0.25) is 0 Å². The van der Waals surface area contributed by atoms with E-state index in [0.29, 0.717) is 91.5 Å². The van der Waals surface area contributed by atoms with E-state index in [0.717, 1.165) is 74.1 Å². The molecule has 3 fully saturated rings. The highest BCUT2D eigenvalue weighted by molar-refractivity contribution is 8.06. The van der Waals surface area contributed by atoms with E-state index in [9.17, 15) is 47.9 Å². The van der Waals surface area contributed by atoms with Crippen LogP contribution in [0, 0.1) is 53.3 Å². The smallest absolute Gasteiger partial charge is 0.333 e. The maximum absolute atomic E-state index is 11.1. The highest BCUT2D eigenvalue weighted by atomic mass is 32.2. The van der Waals surface area contributed by atoms with Crippen molar-refractivity contribution in [2.24, 2.45) is 53.3 Å². The molecule has 1 saturated carbocycles. The van der Waals surface area contributed by atoms with E-state index >= 15 is 0 Å². The van der Waals surface area contributed by atoms with Crippen molar-refractivity contribution in [2.45, 2.75) is 287 Å². The van der Waals surface area contributed by atoms with Gasteiger partial charge in [0, 0.05) is 78.2 Å². The zero-order valence-corrected chi connectivity index (χ0v) is 75.5. The summed E-state index contributed by atoms with van der Waals surface area (Å²) in [7, 11) is 0. The van der Waals surface area contributed by atoms with Gasteiger partial charge in [-0.15, -0.1) is 6.58 Å². The van der Waals surface area contributed by atoms with Crippen molar-refractivity contribution in [2.75, 3.05) is 71.8 Å². The van der Waals surface area contributed by atoms with Gasteiger partial charge in [0.15, 0.2) is 0 Å². The summed E-state index contributed by atoms with van der Waals surface area (Å²) in [6.07, 6.45) is 15.2. The summed E-state index contributed by atoms with van der Waals surface area (Å²) in [5, 5.41) is 1.02. The first-order valence-corrected chi connectivity index (χ1v) is 40.7. The molecule has 2 saturated heterocycles. The van der Waals surface area contributed by atoms with Crippen LogP contribution in [-0.2, 0) is 105 Å². The largest absolute Gasteiger partial charge is 0.463 e. The molecule has 0 bridgehead atoms. The number of ether oxygens (including phenoxy) is 12. The van der Waals surface area contributed by atoms with Crippen LogP contribution >= 0.6 is 11.8 Å². The molecular weight excluding hydrogens is 1450 g/mol. The normalized spacial score (nSPS) is 12.8. The van der Waals surface area contributed by atoms with E-state index in [2.05, 4.69) is 171 Å². The van der Waals surface area contributed by atoms with Gasteiger partial charge >= 0.3 is 59.7 Å². The molecule has 2 atom stereocenters. The molecule has 2 aliphatic heterocycles. The van der Waals surface area contributed by atoms with Gasteiger partial charge in [-0.2, -0.15) is 11.8 Å². The Morgan fingerprint density at radius 3 is 0.929 bits per heavy atom. The number of esters is 10. The van der Waals surface area contributed by atoms with E-state index in [1.807, 2.05) is 40.7 Å². The Bertz CT molecular complexity index is 2460. The van der Waals surface area contributed by atoms with E-state index in [-0.39, 0.29) is 112 Å². The molecule has 0 aromatic carbocycles. The van der Waals surface area contributed by atoms with Gasteiger partial charge in [-0.05, 0) is 174 Å². The quantitative estimate of drug-likeness (QED) is 0.0137. The van der Waals surface area contributed by atoms with Gasteiger partial charge in [0.1, 0.15) is 26.4 Å². The van der Waals surface area contributed by atoms with E-state index < -0.39 is 23.9 Å². The molecule has 652 valence electrons. The molecule has 0 aromatic heterocycles. The van der Waals surface area contributed by atoms with Crippen LogP contribution < -0.4 is 0 Å². The molecular formula is C89H158O22S. The first-order valence-electron chi connectivity index (χ1n) is 39.7. The van der Waals surface area contributed by atoms with Crippen molar-refractivity contribution < 1.29 is 105 Å². The molecule has 0 radical (unpaired) electrons. The molecule has 3 rings (SSSR count). The standard InChI is InChI=1S/2C11H18O4.2C10H16O4.C10H18O2.C9H16O2.C7H14O.C6H12.C5H10O.C5H10S.C5H10/c1-8(2)7-10(12)14-5-6-15-11(13)9(3)4;1-8(2)11(13)14-7-5-6-10(12)15-9(3)4;1-4-9(11)13-5-6-14-10(12)7-8(2)3;1-4-9(11)13-7-5-6-10(12)14-8(2)3;1-8(2)6-5-7-12-10(11)9(3)4;1-4-9(10)11-7-5-6-8(2)3;1-6(2)8-5-7-3-4-7;1-5(2)6(3)4;2*1-4(2)5-3-6-5;1-4-5(2)3/h8H,3,5-7H2,1-2,4H3;9H,1,5-7H2,2-4H3;2*4,8H,1,5-7H2,2-3H3;8H,3,5-7H2,1-2,4H3;4,8H,1,5-7H2,2-3H3;6-7H,3-5H2,1-2H3;6H,1H2,2-4H3;2*4-5H,3H2,1-2H3;4-5H,1H2,2-3H3. The minimum absolute atomic E-state index is 0.0781. The fourth-order valence-corrected chi connectivity index (χ4v) is 7.03. The predicted octanol–water partition coefficient (Wildman–Crippen LogP) is 19.6. The molecule has 2 heterocycles. The second-order valence-corrected chi connectivity index (χ2v) is 31.7. The number of epoxide rings is 1. The van der Waals surface area contributed by atoms with Crippen molar-refractivity contribution in [3.63, 3.8) is 0 Å². The minimum atomic E-state index is -0.509. The molecule has 0 N–H and O–H groups in total. The van der Waals surface area contributed by atoms with Crippen molar-refractivity contribution >= 4 is 71.5 Å². The van der Waals surface area contributed by atoms with E-state index in [1.165, 1.54) is 30.2 Å². The van der Waals surface area contributed by atoms with Crippen LogP contribution in [0.25, 0.3) is 0 Å². The molecule has 1 aliphatic carbocycles. The molecule has 2 unspecified atom stereocenters. The van der Waals surface area contributed by atoms with E-state index in [4.69, 9.17) is 47.4 Å². The van der Waals surface area contributed by atoms with Gasteiger partial charge in [0.25, 0.3) is 0 Å². The lowest BCUT2D eigenvalue weighted by Crippen LogP contribution is -2.15. The lowest BCUT2D eigenvalue weighted by atomic mass is 10.1. The number of hydrogen-bond acceptors (Lipinski definition) is 23. The molecule has 0 spiro atoms. The topological polar surface area (TPSA) is 285 Å². The molecule has 0 aromatic rings. The number of rotatable bonds is 41. The maximum atomic E-state index is 11.1. The Hall–Kier alpha value is -7.11. The Morgan fingerprint density at radius 2 is 0.705 bits per heavy atom. The third-order valence-corrected chi connectivity index (χ3v) is 14.7. The summed E-state index contributed by atoms with van der Waals surface area (Å²) in [6, 6.07) is 0. The summed E-state index contributed by atoms with van der Waals surface area (Å²) >= 11 is 2.08. The Kier molecular flexibility index (Phi) is 86.7. The van der Waals surface area contributed by atoms with Crippen molar-refractivity contribution in [1.82, 2.24) is 0 Å². The van der Waals surface area contributed by atoms with Gasteiger partial charge in [0.05, 0.1) is 57.5 Å². The van der Waals surface area contributed by atoms with Crippen LogP contribution in [0.2, 0.25) is 0 Å². The summed E-state index contributed by atoms with van der Waals surface area (Å²) < 4.78 is 58.3. The Labute approximate surface area is 683 Å². The van der Waals surface area contributed by atoms with Gasteiger partial charge in [-0.1, -0.05) is 168 Å². The number of thioether (sulfide) groups is 1. The average Bonchev–Trinajstić information content (AvgIpc) is 1.77. The van der Waals surface area contributed by atoms with Crippen LogP contribution in [0.3, 0.4) is 0 Å². The van der Waals surface area contributed by atoms with Crippen molar-refractivity contribution in [3.8, 4) is 0 Å². The third-order valence-electron chi connectivity index (χ3n) is 13.5. The molecule has 112 heavy (non-hydrogen) atoms. The third kappa shape index (κ3) is 114. The monoisotopic (exact) mass is 1610 g/mol. The Morgan fingerprint density at radius 1 is 0.411 bits per heavy atom. The summed E-state index contributed by atoms with van der Waals surface area (Å²) in [4.78, 5) is 108. The van der Waals surface area contributed by atoms with Gasteiger partial charge in [-0.3, -0.25) is 19.2 Å². The molecule has 0 amide bonds. The zero-order valence-electron chi connectivity index (χ0n) is 74.7. The summed E-state index contributed by atoms with van der Waals surface area (Å²) in [5.41, 5.74) is 2.43. The van der Waals surface area contributed by atoms with E-state index in [1.54, 1.807) is 48.5 Å². The number of carbonyl (C=O) groups excluding carboxylic acids is 10. The maximum Gasteiger partial charge on any atom is 0.333 e. The number of allylic oxidation sites excluding steroid dienone is 2. The van der Waals surface area contributed by atoms with Gasteiger partial charge < -0.3 is 56.8 Å². The number of carbonyl (C=O) groups is 10.